The lowest BCUT2D eigenvalue weighted by Gasteiger charge is -2.39. The van der Waals surface area contributed by atoms with Gasteiger partial charge < -0.3 is 14.7 Å². The molecule has 0 bridgehead atoms. The number of ether oxygens (including phenoxy) is 1. The number of anilines is 1. The number of nitriles is 1. The van der Waals surface area contributed by atoms with E-state index in [1.807, 2.05) is 26.8 Å². The molecule has 1 amide bonds. The maximum absolute atomic E-state index is 13.1. The molecule has 0 aliphatic carbocycles. The van der Waals surface area contributed by atoms with Gasteiger partial charge in [0.1, 0.15) is 21.8 Å². The summed E-state index contributed by atoms with van der Waals surface area (Å²) in [5.74, 6) is -0.578. The largest absolute Gasteiger partial charge is 0.481 e. The van der Waals surface area contributed by atoms with E-state index in [1.54, 1.807) is 17.6 Å². The van der Waals surface area contributed by atoms with E-state index in [1.165, 1.54) is 4.90 Å². The Balaban J connectivity index is 2.12. The van der Waals surface area contributed by atoms with Crippen molar-refractivity contribution < 1.29 is 19.4 Å². The second kappa shape index (κ2) is 10.7. The summed E-state index contributed by atoms with van der Waals surface area (Å²) in [6, 6.07) is 2.03. The van der Waals surface area contributed by atoms with Crippen LogP contribution in [0.3, 0.4) is 0 Å². The Hall–Kier alpha value is -2.68. The van der Waals surface area contributed by atoms with Crippen molar-refractivity contribution in [2.45, 2.75) is 59.3 Å². The average Bonchev–Trinajstić information content (AvgIpc) is 3.02. The molecular weight excluding hydrogens is 476 g/mol. The number of rotatable bonds is 7. The highest BCUT2D eigenvalue weighted by Gasteiger charge is 2.34. The number of amides is 1. The van der Waals surface area contributed by atoms with Gasteiger partial charge >= 0.3 is 5.97 Å². The Labute approximate surface area is 208 Å². The van der Waals surface area contributed by atoms with Crippen LogP contribution in [0, 0.1) is 18.3 Å². The second-order valence-corrected chi connectivity index (χ2v) is 10.1. The normalized spacial score (nSPS) is 21.9. The molecule has 0 spiro atoms. The van der Waals surface area contributed by atoms with E-state index in [0.29, 0.717) is 52.2 Å². The first-order chi connectivity index (χ1) is 16.1. The minimum atomic E-state index is -0.930. The predicted octanol–water partition coefficient (Wildman–Crippen LogP) is 2.73. The molecule has 11 heteroatoms. The molecule has 2 unspecified atom stereocenters. The van der Waals surface area contributed by atoms with Crippen LogP contribution in [-0.2, 0) is 20.9 Å². The Morgan fingerprint density at radius 3 is 2.53 bits per heavy atom. The number of carboxylic acid groups (broad SMARTS) is 1. The Bertz CT molecular complexity index is 1140. The van der Waals surface area contributed by atoms with Crippen molar-refractivity contribution in [3.8, 4) is 6.07 Å². The first-order valence-electron chi connectivity index (χ1n) is 11.1. The molecule has 2 saturated heterocycles. The molecule has 182 valence electrons. The summed E-state index contributed by atoms with van der Waals surface area (Å²) in [5.41, 5.74) is 0.825. The summed E-state index contributed by atoms with van der Waals surface area (Å²) in [5, 5.41) is 18.6. The van der Waals surface area contributed by atoms with Gasteiger partial charge in [0.2, 0.25) is 0 Å². The molecule has 1 aromatic rings. The van der Waals surface area contributed by atoms with E-state index >= 15 is 0 Å². The van der Waals surface area contributed by atoms with E-state index < -0.39 is 5.97 Å². The fourth-order valence-corrected chi connectivity index (χ4v) is 5.63. The Morgan fingerprint density at radius 1 is 1.32 bits per heavy atom. The molecule has 9 nitrogen and oxygen atoms in total. The van der Waals surface area contributed by atoms with Gasteiger partial charge in [0, 0.05) is 38.2 Å². The van der Waals surface area contributed by atoms with E-state index in [0.717, 1.165) is 11.8 Å². The first kappa shape index (κ1) is 25.9. The van der Waals surface area contributed by atoms with Crippen molar-refractivity contribution >= 4 is 52.1 Å². The molecule has 2 aliphatic rings. The van der Waals surface area contributed by atoms with Crippen LogP contribution in [0.25, 0.3) is 6.08 Å². The van der Waals surface area contributed by atoms with Crippen molar-refractivity contribution in [1.82, 2.24) is 9.47 Å². The number of morpholine rings is 1. The highest BCUT2D eigenvalue weighted by Crippen LogP contribution is 2.36. The zero-order valence-corrected chi connectivity index (χ0v) is 21.3. The quantitative estimate of drug-likeness (QED) is 0.442. The van der Waals surface area contributed by atoms with Crippen molar-refractivity contribution in [1.29, 1.82) is 5.26 Å². The third-order valence-corrected chi connectivity index (χ3v) is 7.18. The smallest absolute Gasteiger partial charge is 0.303 e. The fourth-order valence-electron chi connectivity index (χ4n) is 4.34. The molecule has 34 heavy (non-hydrogen) atoms. The number of carboxylic acids is 1. The number of thiocarbonyl (C=S) groups is 1. The van der Waals surface area contributed by atoms with Gasteiger partial charge in [-0.25, -0.2) is 0 Å². The molecule has 0 aromatic carbocycles. The molecule has 1 aromatic heterocycles. The van der Waals surface area contributed by atoms with Crippen LogP contribution in [-0.4, -0.2) is 62.6 Å². The topological polar surface area (TPSA) is 116 Å². The van der Waals surface area contributed by atoms with Crippen LogP contribution in [0.2, 0.25) is 0 Å². The minimum absolute atomic E-state index is 0.0446. The van der Waals surface area contributed by atoms with Gasteiger partial charge in [-0.1, -0.05) is 24.0 Å². The predicted molar refractivity (Wildman–Crippen MR) is 135 cm³/mol. The fraction of sp³-hybridized carbons (Fsp3) is 0.522. The number of nitrogens with zero attached hydrogens (tertiary/aromatic N) is 4. The third kappa shape index (κ3) is 5.19. The molecule has 0 saturated carbocycles. The van der Waals surface area contributed by atoms with Gasteiger partial charge in [-0.2, -0.15) is 5.26 Å². The number of carbonyl (C=O) groups is 2. The summed E-state index contributed by atoms with van der Waals surface area (Å²) in [6.07, 6.45) is 1.83. The van der Waals surface area contributed by atoms with E-state index in [4.69, 9.17) is 22.1 Å². The first-order valence-corrected chi connectivity index (χ1v) is 12.4. The maximum atomic E-state index is 13.1. The number of carbonyl (C=O) groups excluding carboxylic acids is 1. The molecule has 2 atom stereocenters. The molecular formula is C23H28N4O5S2. The highest BCUT2D eigenvalue weighted by molar-refractivity contribution is 8.26. The summed E-state index contributed by atoms with van der Waals surface area (Å²) in [6.45, 7) is 9.20. The van der Waals surface area contributed by atoms with Crippen LogP contribution in [0.4, 0.5) is 5.82 Å². The van der Waals surface area contributed by atoms with Gasteiger partial charge in [-0.05, 0) is 45.8 Å². The summed E-state index contributed by atoms with van der Waals surface area (Å²) in [7, 11) is 0. The van der Waals surface area contributed by atoms with Crippen LogP contribution >= 0.6 is 24.0 Å². The zero-order chi connectivity index (χ0) is 25.2. The number of hydrogen-bond acceptors (Lipinski definition) is 8. The lowest BCUT2D eigenvalue weighted by Crippen LogP contribution is -2.48. The third-order valence-electron chi connectivity index (χ3n) is 5.80. The van der Waals surface area contributed by atoms with E-state index in [2.05, 4.69) is 4.90 Å². The summed E-state index contributed by atoms with van der Waals surface area (Å²) in [4.78, 5) is 40.9. The number of thioether (sulfide) groups is 1. The number of aromatic nitrogens is 1. The highest BCUT2D eigenvalue weighted by atomic mass is 32.2. The van der Waals surface area contributed by atoms with Crippen molar-refractivity contribution in [3.05, 3.63) is 31.9 Å². The number of aliphatic carboxylic acids is 1. The van der Waals surface area contributed by atoms with Crippen molar-refractivity contribution in [2.75, 3.05) is 24.5 Å². The Kier molecular flexibility index (Phi) is 8.17. The molecule has 1 N–H and O–H groups in total. The van der Waals surface area contributed by atoms with E-state index in [9.17, 15) is 19.6 Å². The van der Waals surface area contributed by atoms with Gasteiger partial charge in [0.05, 0.1) is 17.1 Å². The van der Waals surface area contributed by atoms with Crippen LogP contribution in [0.1, 0.15) is 50.3 Å². The summed E-state index contributed by atoms with van der Waals surface area (Å²) < 4.78 is 7.81. The SMILES string of the molecule is CCn1c(N2CC(C)OC(C)C2)c(/C=C2/SC(=S)N(CCCC(=O)O)C2=O)c(C)c(C#N)c1=O. The Morgan fingerprint density at radius 2 is 1.97 bits per heavy atom. The molecule has 0 radical (unpaired) electrons. The lowest BCUT2D eigenvalue weighted by molar-refractivity contribution is -0.137. The maximum Gasteiger partial charge on any atom is 0.303 e. The van der Waals surface area contributed by atoms with Crippen LogP contribution < -0.4 is 10.5 Å². The molecule has 2 aliphatic heterocycles. The molecule has 3 rings (SSSR count). The van der Waals surface area contributed by atoms with Gasteiger partial charge in [0.25, 0.3) is 11.5 Å². The average molecular weight is 505 g/mol. The monoisotopic (exact) mass is 504 g/mol. The minimum Gasteiger partial charge on any atom is -0.481 e. The second-order valence-electron chi connectivity index (χ2n) is 8.39. The van der Waals surface area contributed by atoms with Gasteiger partial charge in [-0.3, -0.25) is 23.9 Å². The zero-order valence-electron chi connectivity index (χ0n) is 19.7. The van der Waals surface area contributed by atoms with Crippen LogP contribution in [0.15, 0.2) is 9.70 Å². The summed E-state index contributed by atoms with van der Waals surface area (Å²) >= 11 is 6.51. The van der Waals surface area contributed by atoms with Crippen LogP contribution in [0.5, 0.6) is 0 Å². The van der Waals surface area contributed by atoms with Gasteiger partial charge in [0.15, 0.2) is 0 Å². The molecule has 3 heterocycles. The lowest BCUT2D eigenvalue weighted by atomic mass is 10.0. The van der Waals surface area contributed by atoms with E-state index in [-0.39, 0.29) is 42.2 Å². The standard InChI is InChI=1S/C23H28N4O5S2/c1-5-26-20(25-11-13(2)32-14(3)12-25)16(15(4)17(10-24)21(26)30)9-18-22(31)27(23(33)34-18)8-6-7-19(28)29/h9,13-14H,5-8,11-12H2,1-4H3,(H,28,29)/b18-9+. The molecule has 2 fully saturated rings. The van der Waals surface area contributed by atoms with Crippen molar-refractivity contribution in [3.63, 3.8) is 0 Å². The van der Waals surface area contributed by atoms with Gasteiger partial charge in [-0.15, -0.1) is 0 Å². The van der Waals surface area contributed by atoms with Crippen molar-refractivity contribution in [2.24, 2.45) is 0 Å². The number of hydrogen-bond donors (Lipinski definition) is 1. The number of pyridine rings is 1.